The predicted octanol–water partition coefficient (Wildman–Crippen LogP) is 2.15. The van der Waals surface area contributed by atoms with Crippen molar-refractivity contribution in [3.05, 3.63) is 29.8 Å². The van der Waals surface area contributed by atoms with Gasteiger partial charge in [0.05, 0.1) is 5.88 Å². The highest BCUT2D eigenvalue weighted by atomic mass is 35.5. The maximum atomic E-state index is 12.6. The van der Waals surface area contributed by atoms with E-state index >= 15 is 0 Å². The number of hydrogen-bond donors (Lipinski definition) is 0. The van der Waals surface area contributed by atoms with E-state index in [1.165, 1.54) is 6.07 Å². The Labute approximate surface area is 84.4 Å². The molecule has 0 radical (unpaired) electrons. The normalized spacial score (nSPS) is 9.93. The highest BCUT2D eigenvalue weighted by Gasteiger charge is 2.05. The summed E-state index contributed by atoms with van der Waals surface area (Å²) in [5.41, 5.74) is 0. The van der Waals surface area contributed by atoms with E-state index in [1.54, 1.807) is 0 Å². The van der Waals surface area contributed by atoms with Gasteiger partial charge in [-0.3, -0.25) is 4.79 Å². The number of ether oxygens (including phenoxy) is 1. The Bertz CT molecular complexity index is 342. The summed E-state index contributed by atoms with van der Waals surface area (Å²) < 4.78 is 29.9. The molecule has 14 heavy (non-hydrogen) atoms. The molecule has 0 fully saturated rings. The summed E-state index contributed by atoms with van der Waals surface area (Å²) in [4.78, 5) is 10.7. The second kappa shape index (κ2) is 4.91. The smallest absolute Gasteiger partial charge is 0.184 e. The SMILES string of the molecule is O=C(CCl)COc1ccc(F)c(F)c1. The van der Waals surface area contributed by atoms with E-state index in [0.29, 0.717) is 0 Å². The average molecular weight is 221 g/mol. The van der Waals surface area contributed by atoms with Crippen molar-refractivity contribution >= 4 is 17.4 Å². The molecule has 0 heterocycles. The highest BCUT2D eigenvalue weighted by Crippen LogP contribution is 2.15. The van der Waals surface area contributed by atoms with Gasteiger partial charge in [-0.2, -0.15) is 0 Å². The number of rotatable bonds is 4. The van der Waals surface area contributed by atoms with Gasteiger partial charge < -0.3 is 4.74 Å². The third kappa shape index (κ3) is 2.96. The van der Waals surface area contributed by atoms with Crippen molar-refractivity contribution in [2.45, 2.75) is 0 Å². The fraction of sp³-hybridized carbons (Fsp3) is 0.222. The van der Waals surface area contributed by atoms with E-state index in [0.717, 1.165) is 12.1 Å². The van der Waals surface area contributed by atoms with Crippen LogP contribution < -0.4 is 4.74 Å². The topological polar surface area (TPSA) is 26.3 Å². The minimum atomic E-state index is -1.01. The number of ketones is 1. The van der Waals surface area contributed by atoms with Crippen molar-refractivity contribution in [3.63, 3.8) is 0 Å². The summed E-state index contributed by atoms with van der Waals surface area (Å²) >= 11 is 5.21. The number of carbonyl (C=O) groups excluding carboxylic acids is 1. The predicted molar refractivity (Wildman–Crippen MR) is 47.6 cm³/mol. The molecule has 0 bridgehead atoms. The van der Waals surface area contributed by atoms with Gasteiger partial charge in [-0.15, -0.1) is 11.6 Å². The van der Waals surface area contributed by atoms with Crippen LogP contribution in [0.1, 0.15) is 0 Å². The van der Waals surface area contributed by atoms with Crippen LogP contribution in [0.15, 0.2) is 18.2 Å². The Morgan fingerprint density at radius 3 is 2.64 bits per heavy atom. The van der Waals surface area contributed by atoms with Crippen LogP contribution in [0, 0.1) is 11.6 Å². The maximum absolute atomic E-state index is 12.6. The Morgan fingerprint density at radius 1 is 1.36 bits per heavy atom. The molecular formula is C9H7ClF2O2. The van der Waals surface area contributed by atoms with Crippen LogP contribution in [0.25, 0.3) is 0 Å². The van der Waals surface area contributed by atoms with Crippen molar-refractivity contribution in [2.24, 2.45) is 0 Å². The summed E-state index contributed by atoms with van der Waals surface area (Å²) in [6.07, 6.45) is 0. The van der Waals surface area contributed by atoms with Gasteiger partial charge in [0, 0.05) is 6.07 Å². The van der Waals surface area contributed by atoms with Crippen LogP contribution in [0.4, 0.5) is 8.78 Å². The summed E-state index contributed by atoms with van der Waals surface area (Å²) in [6, 6.07) is 3.03. The second-order valence-corrected chi connectivity index (χ2v) is 2.80. The number of benzene rings is 1. The zero-order valence-corrected chi connectivity index (χ0v) is 7.85. The first-order valence-corrected chi connectivity index (χ1v) is 4.32. The quantitative estimate of drug-likeness (QED) is 0.727. The average Bonchev–Trinajstić information content (AvgIpc) is 2.19. The molecule has 0 unspecified atom stereocenters. The Morgan fingerprint density at radius 2 is 2.07 bits per heavy atom. The summed E-state index contributed by atoms with van der Waals surface area (Å²) in [6.45, 7) is -0.241. The van der Waals surface area contributed by atoms with Crippen LogP contribution in [0.5, 0.6) is 5.75 Å². The maximum Gasteiger partial charge on any atom is 0.184 e. The van der Waals surface area contributed by atoms with Crippen LogP contribution in [0.2, 0.25) is 0 Å². The van der Waals surface area contributed by atoms with Gasteiger partial charge in [-0.05, 0) is 12.1 Å². The molecule has 76 valence electrons. The van der Waals surface area contributed by atoms with Crippen LogP contribution in [-0.4, -0.2) is 18.3 Å². The molecule has 1 rings (SSSR count). The molecule has 0 amide bonds. The molecule has 0 saturated carbocycles. The van der Waals surface area contributed by atoms with Crippen molar-refractivity contribution in [2.75, 3.05) is 12.5 Å². The highest BCUT2D eigenvalue weighted by molar-refractivity contribution is 6.27. The molecule has 1 aromatic rings. The third-order valence-corrected chi connectivity index (χ3v) is 1.74. The molecule has 2 nitrogen and oxygen atoms in total. The van der Waals surface area contributed by atoms with Gasteiger partial charge in [0.1, 0.15) is 12.4 Å². The van der Waals surface area contributed by atoms with Gasteiger partial charge in [0.15, 0.2) is 17.4 Å². The number of hydrogen-bond acceptors (Lipinski definition) is 2. The largest absolute Gasteiger partial charge is 0.486 e. The Hall–Kier alpha value is -1.16. The molecule has 0 aliphatic rings. The van der Waals surface area contributed by atoms with E-state index in [1.807, 2.05) is 0 Å². The number of Topliss-reactive ketones (excluding diaryl/α,β-unsaturated/α-hetero) is 1. The molecule has 1 aromatic carbocycles. The number of carbonyl (C=O) groups is 1. The van der Waals surface area contributed by atoms with Crippen molar-refractivity contribution in [1.29, 1.82) is 0 Å². The van der Waals surface area contributed by atoms with Gasteiger partial charge in [-0.1, -0.05) is 0 Å². The minimum Gasteiger partial charge on any atom is -0.486 e. The molecule has 0 saturated heterocycles. The summed E-state index contributed by atoms with van der Waals surface area (Å²) in [5.74, 6) is -2.36. The molecule has 5 heteroatoms. The lowest BCUT2D eigenvalue weighted by Crippen LogP contribution is -2.12. The van der Waals surface area contributed by atoms with Gasteiger partial charge in [0.2, 0.25) is 0 Å². The molecular weight excluding hydrogens is 214 g/mol. The fourth-order valence-electron chi connectivity index (χ4n) is 0.769. The number of halogens is 3. The van der Waals surface area contributed by atoms with Crippen LogP contribution in [0.3, 0.4) is 0 Å². The summed E-state index contributed by atoms with van der Waals surface area (Å²) in [7, 11) is 0. The second-order valence-electron chi connectivity index (χ2n) is 2.54. The monoisotopic (exact) mass is 220 g/mol. The van der Waals surface area contributed by atoms with Gasteiger partial charge in [-0.25, -0.2) is 8.78 Å². The van der Waals surface area contributed by atoms with E-state index in [9.17, 15) is 13.6 Å². The molecule has 0 aromatic heterocycles. The first kappa shape index (κ1) is 10.9. The van der Waals surface area contributed by atoms with Gasteiger partial charge >= 0.3 is 0 Å². The lowest BCUT2D eigenvalue weighted by atomic mass is 10.3. The molecule has 0 N–H and O–H groups in total. The zero-order chi connectivity index (χ0) is 10.6. The first-order valence-electron chi connectivity index (χ1n) is 3.79. The van der Waals surface area contributed by atoms with E-state index in [-0.39, 0.29) is 24.0 Å². The first-order chi connectivity index (χ1) is 6.63. The van der Waals surface area contributed by atoms with Crippen molar-refractivity contribution in [1.82, 2.24) is 0 Å². The molecule has 0 aliphatic carbocycles. The number of alkyl halides is 1. The fourth-order valence-corrected chi connectivity index (χ4v) is 0.846. The van der Waals surface area contributed by atoms with Crippen LogP contribution in [-0.2, 0) is 4.79 Å². The lowest BCUT2D eigenvalue weighted by molar-refractivity contribution is -0.118. The van der Waals surface area contributed by atoms with E-state index in [4.69, 9.17) is 16.3 Å². The molecule has 0 aliphatic heterocycles. The summed E-state index contributed by atoms with van der Waals surface area (Å²) in [5, 5.41) is 0. The standard InChI is InChI=1S/C9H7ClF2O2/c10-4-6(13)5-14-7-1-2-8(11)9(12)3-7/h1-3H,4-5H2. The van der Waals surface area contributed by atoms with Crippen LogP contribution >= 0.6 is 11.6 Å². The van der Waals surface area contributed by atoms with E-state index < -0.39 is 11.6 Å². The third-order valence-electron chi connectivity index (χ3n) is 1.44. The lowest BCUT2D eigenvalue weighted by Gasteiger charge is -2.03. The van der Waals surface area contributed by atoms with E-state index in [2.05, 4.69) is 0 Å². The Balaban J connectivity index is 2.60. The Kier molecular flexibility index (Phi) is 3.83. The van der Waals surface area contributed by atoms with Crippen molar-refractivity contribution < 1.29 is 18.3 Å². The van der Waals surface area contributed by atoms with Crippen molar-refractivity contribution in [3.8, 4) is 5.75 Å². The van der Waals surface area contributed by atoms with Gasteiger partial charge in [0.25, 0.3) is 0 Å². The molecule has 0 atom stereocenters. The zero-order valence-electron chi connectivity index (χ0n) is 7.10. The minimum absolute atomic E-state index is 0.0994. The molecule has 0 spiro atoms.